The number of benzene rings is 1. The van der Waals surface area contributed by atoms with E-state index in [9.17, 15) is 27.7 Å². The summed E-state index contributed by atoms with van der Waals surface area (Å²) in [4.78, 5) is 9.53. The van der Waals surface area contributed by atoms with Gasteiger partial charge in [-0.1, -0.05) is 0 Å². The van der Waals surface area contributed by atoms with Gasteiger partial charge in [0.15, 0.2) is 0 Å². The standard InChI is InChI=1S/C9H5F4NO2/c10-8(9(11,12)13)5-6-1-3-7(4-2-6)14(15)16/h1-5H/b8-5-. The minimum absolute atomic E-state index is 0.0968. The van der Waals surface area contributed by atoms with Crippen molar-refractivity contribution in [3.05, 3.63) is 45.8 Å². The van der Waals surface area contributed by atoms with Gasteiger partial charge in [0.05, 0.1) is 4.92 Å². The molecule has 0 aliphatic carbocycles. The van der Waals surface area contributed by atoms with Gasteiger partial charge in [0.2, 0.25) is 5.83 Å². The number of nitro benzene ring substituents is 1. The van der Waals surface area contributed by atoms with E-state index in [1.807, 2.05) is 0 Å². The molecule has 0 radical (unpaired) electrons. The normalized spacial score (nSPS) is 12.6. The van der Waals surface area contributed by atoms with Gasteiger partial charge in [0.1, 0.15) is 0 Å². The second-order valence-electron chi connectivity index (χ2n) is 2.84. The van der Waals surface area contributed by atoms with Crippen molar-refractivity contribution in [2.24, 2.45) is 0 Å². The van der Waals surface area contributed by atoms with Crippen LogP contribution in [-0.2, 0) is 0 Å². The lowest BCUT2D eigenvalue weighted by Crippen LogP contribution is -2.07. The number of rotatable bonds is 2. The maximum absolute atomic E-state index is 12.5. The van der Waals surface area contributed by atoms with E-state index in [2.05, 4.69) is 0 Å². The Kier molecular flexibility index (Phi) is 3.26. The van der Waals surface area contributed by atoms with Crippen LogP contribution in [0.15, 0.2) is 30.1 Å². The molecule has 0 amide bonds. The number of hydrogen-bond acceptors (Lipinski definition) is 2. The third kappa shape index (κ3) is 3.04. The number of nitrogens with zero attached hydrogens (tertiary/aromatic N) is 1. The second kappa shape index (κ2) is 4.30. The zero-order valence-electron chi connectivity index (χ0n) is 7.66. The van der Waals surface area contributed by atoms with Gasteiger partial charge in [-0.2, -0.15) is 13.2 Å². The van der Waals surface area contributed by atoms with Crippen LogP contribution >= 0.6 is 0 Å². The number of nitro groups is 1. The number of hydrogen-bond donors (Lipinski definition) is 0. The molecule has 1 rings (SSSR count). The summed E-state index contributed by atoms with van der Waals surface area (Å²) in [5, 5.41) is 10.2. The molecule has 0 atom stereocenters. The molecule has 1 aromatic rings. The zero-order chi connectivity index (χ0) is 12.3. The van der Waals surface area contributed by atoms with E-state index in [0.717, 1.165) is 24.3 Å². The SMILES string of the molecule is O=[N+]([O-])c1ccc(/C=C(\F)C(F)(F)F)cc1. The summed E-state index contributed by atoms with van der Waals surface area (Å²) < 4.78 is 47.8. The Morgan fingerprint density at radius 2 is 1.75 bits per heavy atom. The molecule has 0 N–H and O–H groups in total. The first kappa shape index (κ1) is 12.2. The smallest absolute Gasteiger partial charge is 0.258 e. The molecule has 0 spiro atoms. The quantitative estimate of drug-likeness (QED) is 0.447. The Morgan fingerprint density at radius 1 is 1.25 bits per heavy atom. The molecule has 86 valence electrons. The Hall–Kier alpha value is -1.92. The van der Waals surface area contributed by atoms with Crippen LogP contribution in [0.4, 0.5) is 23.2 Å². The third-order valence-corrected chi connectivity index (χ3v) is 1.67. The summed E-state index contributed by atoms with van der Waals surface area (Å²) in [6.45, 7) is 0. The number of halogens is 4. The molecule has 0 saturated heterocycles. The molecule has 1 aromatic carbocycles. The van der Waals surface area contributed by atoms with Gasteiger partial charge in [-0.3, -0.25) is 10.1 Å². The van der Waals surface area contributed by atoms with Gasteiger partial charge in [0, 0.05) is 12.1 Å². The molecule has 0 saturated carbocycles. The summed E-state index contributed by atoms with van der Waals surface area (Å²) in [5.41, 5.74) is -0.370. The van der Waals surface area contributed by atoms with Crippen LogP contribution in [0.1, 0.15) is 5.56 Å². The lowest BCUT2D eigenvalue weighted by Gasteiger charge is -2.02. The van der Waals surface area contributed by atoms with Crippen molar-refractivity contribution in [1.29, 1.82) is 0 Å². The minimum Gasteiger partial charge on any atom is -0.258 e. The van der Waals surface area contributed by atoms with E-state index in [1.54, 1.807) is 0 Å². The highest BCUT2D eigenvalue weighted by Gasteiger charge is 2.34. The Balaban J connectivity index is 2.96. The molecule has 0 aliphatic rings. The molecule has 0 aliphatic heterocycles. The van der Waals surface area contributed by atoms with E-state index in [0.29, 0.717) is 0 Å². The highest BCUT2D eigenvalue weighted by Crippen LogP contribution is 2.28. The summed E-state index contributed by atoms with van der Waals surface area (Å²) in [7, 11) is 0. The van der Waals surface area contributed by atoms with Gasteiger partial charge < -0.3 is 0 Å². The minimum atomic E-state index is -5.04. The first-order valence-corrected chi connectivity index (χ1v) is 3.99. The summed E-state index contributed by atoms with van der Waals surface area (Å²) >= 11 is 0. The molecule has 0 aromatic heterocycles. The Morgan fingerprint density at radius 3 is 2.12 bits per heavy atom. The van der Waals surface area contributed by atoms with Crippen LogP contribution in [-0.4, -0.2) is 11.1 Å². The fraction of sp³-hybridized carbons (Fsp3) is 0.111. The molecule has 0 fully saturated rings. The maximum Gasteiger partial charge on any atom is 0.442 e. The lowest BCUT2D eigenvalue weighted by atomic mass is 10.2. The molecule has 16 heavy (non-hydrogen) atoms. The highest BCUT2D eigenvalue weighted by molar-refractivity contribution is 5.54. The van der Waals surface area contributed by atoms with Crippen LogP contribution in [0, 0.1) is 10.1 Å². The predicted molar refractivity (Wildman–Crippen MR) is 48.2 cm³/mol. The topological polar surface area (TPSA) is 43.1 Å². The number of non-ortho nitro benzene ring substituents is 1. The highest BCUT2D eigenvalue weighted by atomic mass is 19.4. The third-order valence-electron chi connectivity index (χ3n) is 1.67. The van der Waals surface area contributed by atoms with Crippen LogP contribution in [0.5, 0.6) is 0 Å². The van der Waals surface area contributed by atoms with E-state index in [4.69, 9.17) is 0 Å². The van der Waals surface area contributed by atoms with Gasteiger partial charge in [-0.05, 0) is 23.8 Å². The van der Waals surface area contributed by atoms with Crippen LogP contribution in [0.25, 0.3) is 6.08 Å². The van der Waals surface area contributed by atoms with E-state index < -0.39 is 16.9 Å². The Labute approximate surface area is 87.2 Å². The van der Waals surface area contributed by atoms with Crippen molar-refractivity contribution in [3.63, 3.8) is 0 Å². The van der Waals surface area contributed by atoms with Gasteiger partial charge in [-0.15, -0.1) is 0 Å². The van der Waals surface area contributed by atoms with Crippen LogP contribution < -0.4 is 0 Å². The average Bonchev–Trinajstić information content (AvgIpc) is 2.17. The zero-order valence-corrected chi connectivity index (χ0v) is 7.66. The van der Waals surface area contributed by atoms with Crippen molar-refractivity contribution in [3.8, 4) is 0 Å². The molecular weight excluding hydrogens is 230 g/mol. The van der Waals surface area contributed by atoms with Crippen molar-refractivity contribution >= 4 is 11.8 Å². The van der Waals surface area contributed by atoms with Gasteiger partial charge >= 0.3 is 6.18 Å². The fourth-order valence-corrected chi connectivity index (χ4v) is 0.920. The molecular formula is C9H5F4NO2. The molecule has 0 heterocycles. The van der Waals surface area contributed by atoms with Crippen LogP contribution in [0.2, 0.25) is 0 Å². The van der Waals surface area contributed by atoms with Crippen molar-refractivity contribution in [1.82, 2.24) is 0 Å². The van der Waals surface area contributed by atoms with Crippen molar-refractivity contribution in [2.45, 2.75) is 6.18 Å². The molecule has 3 nitrogen and oxygen atoms in total. The molecule has 7 heteroatoms. The summed E-state index contributed by atoms with van der Waals surface area (Å²) in [6.07, 6.45) is -4.77. The van der Waals surface area contributed by atoms with E-state index >= 15 is 0 Å². The van der Waals surface area contributed by atoms with Crippen molar-refractivity contribution < 1.29 is 22.5 Å². The van der Waals surface area contributed by atoms with E-state index in [-0.39, 0.29) is 17.3 Å². The van der Waals surface area contributed by atoms with E-state index in [1.165, 1.54) is 0 Å². The van der Waals surface area contributed by atoms with Crippen LogP contribution in [0.3, 0.4) is 0 Å². The Bertz CT molecular complexity index is 422. The van der Waals surface area contributed by atoms with Gasteiger partial charge in [-0.25, -0.2) is 4.39 Å². The maximum atomic E-state index is 12.5. The summed E-state index contributed by atoms with van der Waals surface area (Å²) in [5.74, 6) is -2.25. The van der Waals surface area contributed by atoms with Crippen molar-refractivity contribution in [2.75, 3.05) is 0 Å². The van der Waals surface area contributed by atoms with Gasteiger partial charge in [0.25, 0.3) is 5.69 Å². The molecule has 0 unspecified atom stereocenters. The summed E-state index contributed by atoms with van der Waals surface area (Å²) in [6, 6.07) is 4.05. The monoisotopic (exact) mass is 235 g/mol. The first-order chi connectivity index (χ1) is 7.30. The first-order valence-electron chi connectivity index (χ1n) is 3.99. The lowest BCUT2D eigenvalue weighted by molar-refractivity contribution is -0.384. The second-order valence-corrected chi connectivity index (χ2v) is 2.84. The molecule has 0 bridgehead atoms. The predicted octanol–water partition coefficient (Wildman–Crippen LogP) is 3.47. The average molecular weight is 235 g/mol. The largest absolute Gasteiger partial charge is 0.442 e. The number of allylic oxidation sites excluding steroid dienone is 1. The number of alkyl halides is 3. The fourth-order valence-electron chi connectivity index (χ4n) is 0.920.